The van der Waals surface area contributed by atoms with Gasteiger partial charge in [0.15, 0.2) is 0 Å². The maximum Gasteiger partial charge on any atom is 0.327 e. The molecule has 1 atom stereocenters. The van der Waals surface area contributed by atoms with Crippen molar-refractivity contribution in [3.8, 4) is 0 Å². The van der Waals surface area contributed by atoms with E-state index in [1.807, 2.05) is 0 Å². The molecular formula is C14H24N4O4. The van der Waals surface area contributed by atoms with Crippen LogP contribution in [-0.4, -0.2) is 90.1 Å². The van der Waals surface area contributed by atoms with Gasteiger partial charge in [-0.15, -0.1) is 0 Å². The van der Waals surface area contributed by atoms with Gasteiger partial charge in [-0.1, -0.05) is 6.42 Å². The monoisotopic (exact) mass is 312 g/mol. The Kier molecular flexibility index (Phi) is 5.73. The molecule has 2 saturated heterocycles. The molecule has 22 heavy (non-hydrogen) atoms. The summed E-state index contributed by atoms with van der Waals surface area (Å²) in [5.74, 6) is -0.814. The van der Waals surface area contributed by atoms with E-state index in [1.54, 1.807) is 0 Å². The zero-order valence-electron chi connectivity index (χ0n) is 13.0. The van der Waals surface area contributed by atoms with Crippen LogP contribution in [0.15, 0.2) is 0 Å². The van der Waals surface area contributed by atoms with Crippen molar-refractivity contribution in [1.29, 1.82) is 0 Å². The quantitative estimate of drug-likeness (QED) is 0.604. The summed E-state index contributed by atoms with van der Waals surface area (Å²) in [6.45, 7) is 2.33. The first-order chi connectivity index (χ1) is 10.5. The Labute approximate surface area is 130 Å². The molecule has 8 nitrogen and oxygen atoms in total. The number of aliphatic hydroxyl groups is 1. The van der Waals surface area contributed by atoms with Crippen LogP contribution >= 0.6 is 0 Å². The van der Waals surface area contributed by atoms with E-state index in [4.69, 9.17) is 0 Å². The third kappa shape index (κ3) is 4.41. The van der Waals surface area contributed by atoms with Gasteiger partial charge in [0.25, 0.3) is 5.91 Å². The van der Waals surface area contributed by atoms with Gasteiger partial charge >= 0.3 is 6.03 Å². The van der Waals surface area contributed by atoms with Crippen LogP contribution in [0, 0.1) is 0 Å². The lowest BCUT2D eigenvalue weighted by molar-refractivity contribution is -0.130. The van der Waals surface area contributed by atoms with Gasteiger partial charge in [0.05, 0.1) is 6.10 Å². The standard InChI is InChI=1S/C14H24N4O4/c1-16-10-13(21)18(14(16)22)9-12(20)15-7-11(19)8-17-5-3-2-4-6-17/h11,19H,2-10H2,1H3,(H,15,20). The molecule has 0 aromatic carbocycles. The molecular weight excluding hydrogens is 288 g/mol. The Balaban J connectivity index is 1.68. The SMILES string of the molecule is CN1CC(=O)N(CC(=O)NCC(O)CN2CCCCC2)C1=O. The number of nitrogens with one attached hydrogen (secondary N) is 1. The fourth-order valence-corrected chi connectivity index (χ4v) is 2.76. The fraction of sp³-hybridized carbons (Fsp3) is 0.786. The lowest BCUT2D eigenvalue weighted by atomic mass is 10.1. The Hall–Kier alpha value is -1.67. The molecule has 0 radical (unpaired) electrons. The third-order valence-electron chi connectivity index (χ3n) is 3.99. The van der Waals surface area contributed by atoms with Crippen LogP contribution in [0.1, 0.15) is 19.3 Å². The average molecular weight is 312 g/mol. The van der Waals surface area contributed by atoms with Crippen molar-refractivity contribution in [3.05, 3.63) is 0 Å². The zero-order chi connectivity index (χ0) is 16.1. The van der Waals surface area contributed by atoms with Gasteiger partial charge in [0.2, 0.25) is 5.91 Å². The molecule has 0 bridgehead atoms. The van der Waals surface area contributed by atoms with Crippen molar-refractivity contribution in [2.45, 2.75) is 25.4 Å². The number of rotatable bonds is 6. The number of amides is 4. The second-order valence-corrected chi connectivity index (χ2v) is 5.94. The maximum atomic E-state index is 11.8. The number of aliphatic hydroxyl groups excluding tert-OH is 1. The van der Waals surface area contributed by atoms with E-state index >= 15 is 0 Å². The molecule has 2 fully saturated rings. The molecule has 2 N–H and O–H groups in total. The number of hydrogen-bond acceptors (Lipinski definition) is 5. The highest BCUT2D eigenvalue weighted by molar-refractivity contribution is 6.04. The molecule has 2 heterocycles. The van der Waals surface area contributed by atoms with Crippen LogP contribution in [0.5, 0.6) is 0 Å². The first kappa shape index (κ1) is 16.7. The number of nitrogens with zero attached hydrogens (tertiary/aromatic N) is 3. The van der Waals surface area contributed by atoms with E-state index < -0.39 is 18.0 Å². The molecule has 0 aromatic heterocycles. The van der Waals surface area contributed by atoms with E-state index in [9.17, 15) is 19.5 Å². The van der Waals surface area contributed by atoms with Gasteiger partial charge in [-0.05, 0) is 25.9 Å². The number of hydrogen-bond donors (Lipinski definition) is 2. The van der Waals surface area contributed by atoms with Crippen molar-refractivity contribution in [2.24, 2.45) is 0 Å². The number of likely N-dealkylation sites (tertiary alicyclic amines) is 1. The second kappa shape index (κ2) is 7.55. The van der Waals surface area contributed by atoms with Crippen LogP contribution in [0.3, 0.4) is 0 Å². The number of piperidine rings is 1. The smallest absolute Gasteiger partial charge is 0.327 e. The van der Waals surface area contributed by atoms with Gasteiger partial charge in [-0.25, -0.2) is 4.79 Å². The molecule has 8 heteroatoms. The fourth-order valence-electron chi connectivity index (χ4n) is 2.76. The Morgan fingerprint density at radius 3 is 2.55 bits per heavy atom. The number of β-amino-alcohol motifs (C(OH)–C–C–N with tert-alkyl or cyclic N) is 1. The molecule has 0 aliphatic carbocycles. The summed E-state index contributed by atoms with van der Waals surface area (Å²) in [6, 6.07) is -0.464. The van der Waals surface area contributed by atoms with E-state index in [2.05, 4.69) is 10.2 Å². The van der Waals surface area contributed by atoms with Gasteiger partial charge < -0.3 is 20.2 Å². The van der Waals surface area contributed by atoms with E-state index in [0.29, 0.717) is 6.54 Å². The summed E-state index contributed by atoms with van der Waals surface area (Å²) in [5, 5.41) is 12.5. The van der Waals surface area contributed by atoms with Gasteiger partial charge in [0, 0.05) is 20.1 Å². The topological polar surface area (TPSA) is 93.2 Å². The van der Waals surface area contributed by atoms with Crippen LogP contribution in [0.4, 0.5) is 4.79 Å². The summed E-state index contributed by atoms with van der Waals surface area (Å²) in [4.78, 5) is 39.4. The van der Waals surface area contributed by atoms with E-state index in [-0.39, 0.29) is 25.5 Å². The highest BCUT2D eigenvalue weighted by Gasteiger charge is 2.34. The zero-order valence-corrected chi connectivity index (χ0v) is 13.0. The number of likely N-dealkylation sites (N-methyl/N-ethyl adjacent to an activating group) is 1. The molecule has 1 unspecified atom stereocenters. The predicted octanol–water partition coefficient (Wildman–Crippen LogP) is -1.16. The molecule has 2 aliphatic rings. The third-order valence-corrected chi connectivity index (χ3v) is 3.99. The molecule has 2 aliphatic heterocycles. The van der Waals surface area contributed by atoms with Gasteiger partial charge in [-0.3, -0.25) is 14.5 Å². The van der Waals surface area contributed by atoms with Crippen molar-refractivity contribution in [3.63, 3.8) is 0 Å². The summed E-state index contributed by atoms with van der Waals surface area (Å²) in [7, 11) is 1.51. The number of urea groups is 1. The lowest BCUT2D eigenvalue weighted by Gasteiger charge is -2.28. The minimum atomic E-state index is -0.644. The molecule has 0 spiro atoms. The summed E-state index contributed by atoms with van der Waals surface area (Å²) >= 11 is 0. The Morgan fingerprint density at radius 2 is 1.95 bits per heavy atom. The first-order valence-corrected chi connectivity index (χ1v) is 7.70. The minimum absolute atomic E-state index is 0.00367. The maximum absolute atomic E-state index is 11.8. The highest BCUT2D eigenvalue weighted by atomic mass is 16.3. The summed E-state index contributed by atoms with van der Waals surface area (Å²) in [5.41, 5.74) is 0. The van der Waals surface area contributed by atoms with Gasteiger partial charge in [-0.2, -0.15) is 0 Å². The van der Waals surface area contributed by atoms with Crippen LogP contribution < -0.4 is 5.32 Å². The van der Waals surface area contributed by atoms with Crippen molar-refractivity contribution in [2.75, 3.05) is 46.3 Å². The van der Waals surface area contributed by atoms with E-state index in [1.165, 1.54) is 18.4 Å². The van der Waals surface area contributed by atoms with E-state index in [0.717, 1.165) is 30.8 Å². The molecule has 4 amide bonds. The largest absolute Gasteiger partial charge is 0.390 e. The average Bonchev–Trinajstić information content (AvgIpc) is 2.73. The van der Waals surface area contributed by atoms with Crippen LogP contribution in [0.25, 0.3) is 0 Å². The van der Waals surface area contributed by atoms with Crippen molar-refractivity contribution >= 4 is 17.8 Å². The summed E-state index contributed by atoms with van der Waals surface area (Å²) in [6.07, 6.45) is 2.88. The minimum Gasteiger partial charge on any atom is -0.390 e. The molecule has 2 rings (SSSR count). The molecule has 0 saturated carbocycles. The normalized spacial score (nSPS) is 21.4. The van der Waals surface area contributed by atoms with Gasteiger partial charge in [0.1, 0.15) is 13.1 Å². The number of carbonyl (C=O) groups is 3. The number of carbonyl (C=O) groups excluding carboxylic acids is 3. The predicted molar refractivity (Wildman–Crippen MR) is 79.0 cm³/mol. The van der Waals surface area contributed by atoms with Crippen molar-refractivity contribution in [1.82, 2.24) is 20.0 Å². The molecule has 0 aromatic rings. The van der Waals surface area contributed by atoms with Crippen molar-refractivity contribution < 1.29 is 19.5 Å². The first-order valence-electron chi connectivity index (χ1n) is 7.70. The molecule has 124 valence electrons. The lowest BCUT2D eigenvalue weighted by Crippen LogP contribution is -2.45. The Bertz CT molecular complexity index is 437. The highest BCUT2D eigenvalue weighted by Crippen LogP contribution is 2.09. The Morgan fingerprint density at radius 1 is 1.27 bits per heavy atom. The summed E-state index contributed by atoms with van der Waals surface area (Å²) < 4.78 is 0. The second-order valence-electron chi connectivity index (χ2n) is 5.94. The number of imide groups is 1. The van der Waals surface area contributed by atoms with Crippen LogP contribution in [0.2, 0.25) is 0 Å². The van der Waals surface area contributed by atoms with Crippen LogP contribution in [-0.2, 0) is 9.59 Å².